The van der Waals surface area contributed by atoms with Crippen molar-refractivity contribution in [1.82, 2.24) is 9.80 Å². The first-order valence-corrected chi connectivity index (χ1v) is 6.08. The number of hydrogen-bond donors (Lipinski definition) is 0. The maximum atomic E-state index is 5.13. The lowest BCUT2D eigenvalue weighted by atomic mass is 10.1. The molecule has 0 aromatic heterocycles. The lowest BCUT2D eigenvalue weighted by Gasteiger charge is -2.40. The molecule has 0 unspecified atom stereocenters. The molecule has 1 aliphatic heterocycles. The largest absolute Gasteiger partial charge is 0.383 e. The molecular weight excluding hydrogens is 188 g/mol. The molecule has 0 bridgehead atoms. The van der Waals surface area contributed by atoms with E-state index in [9.17, 15) is 0 Å². The SMILES string of the molecule is COCCN1CCN(CC(C)C)C[C@@H]1C. The highest BCUT2D eigenvalue weighted by Gasteiger charge is 2.23. The molecule has 3 nitrogen and oxygen atoms in total. The number of rotatable bonds is 5. The quantitative estimate of drug-likeness (QED) is 0.686. The molecule has 0 aromatic rings. The smallest absolute Gasteiger partial charge is 0.0589 e. The van der Waals surface area contributed by atoms with Crippen LogP contribution in [0.5, 0.6) is 0 Å². The molecule has 0 aromatic carbocycles. The summed E-state index contributed by atoms with van der Waals surface area (Å²) in [4.78, 5) is 5.11. The van der Waals surface area contributed by atoms with Gasteiger partial charge in [0.15, 0.2) is 0 Å². The van der Waals surface area contributed by atoms with Gasteiger partial charge in [-0.15, -0.1) is 0 Å². The van der Waals surface area contributed by atoms with Crippen LogP contribution < -0.4 is 0 Å². The van der Waals surface area contributed by atoms with Gasteiger partial charge < -0.3 is 9.64 Å². The van der Waals surface area contributed by atoms with Crippen molar-refractivity contribution >= 4 is 0 Å². The summed E-state index contributed by atoms with van der Waals surface area (Å²) in [6, 6.07) is 0.674. The van der Waals surface area contributed by atoms with Crippen LogP contribution >= 0.6 is 0 Å². The van der Waals surface area contributed by atoms with E-state index in [-0.39, 0.29) is 0 Å². The van der Waals surface area contributed by atoms with Crippen molar-refractivity contribution in [2.45, 2.75) is 26.8 Å². The molecule has 0 amide bonds. The third-order valence-corrected chi connectivity index (χ3v) is 3.06. The molecule has 1 rings (SSSR count). The Morgan fingerprint density at radius 1 is 1.33 bits per heavy atom. The van der Waals surface area contributed by atoms with Gasteiger partial charge in [-0.3, -0.25) is 4.90 Å². The number of hydrogen-bond acceptors (Lipinski definition) is 3. The van der Waals surface area contributed by atoms with E-state index in [1.807, 2.05) is 0 Å². The highest BCUT2D eigenvalue weighted by Crippen LogP contribution is 2.10. The predicted octanol–water partition coefficient (Wildman–Crippen LogP) is 1.29. The minimum Gasteiger partial charge on any atom is -0.383 e. The van der Waals surface area contributed by atoms with Crippen LogP contribution in [-0.4, -0.2) is 62.3 Å². The van der Waals surface area contributed by atoms with Gasteiger partial charge in [0, 0.05) is 45.9 Å². The summed E-state index contributed by atoms with van der Waals surface area (Å²) in [5, 5.41) is 0. The monoisotopic (exact) mass is 214 g/mol. The molecule has 0 N–H and O–H groups in total. The number of piperazine rings is 1. The van der Waals surface area contributed by atoms with Gasteiger partial charge in [0.25, 0.3) is 0 Å². The van der Waals surface area contributed by atoms with Crippen molar-refractivity contribution in [3.8, 4) is 0 Å². The Morgan fingerprint density at radius 2 is 2.07 bits per heavy atom. The number of ether oxygens (including phenoxy) is 1. The normalized spacial score (nSPS) is 25.0. The minimum absolute atomic E-state index is 0.674. The van der Waals surface area contributed by atoms with Gasteiger partial charge in [0.05, 0.1) is 6.61 Å². The van der Waals surface area contributed by atoms with E-state index in [0.717, 1.165) is 19.1 Å². The minimum atomic E-state index is 0.674. The molecule has 1 fully saturated rings. The fraction of sp³-hybridized carbons (Fsp3) is 1.00. The molecule has 0 aliphatic carbocycles. The molecule has 90 valence electrons. The Hall–Kier alpha value is -0.120. The van der Waals surface area contributed by atoms with Crippen LogP contribution in [0.25, 0.3) is 0 Å². The standard InChI is InChI=1S/C12H26N2O/c1-11(2)9-13-5-6-14(7-8-15-4)12(3)10-13/h11-12H,5-10H2,1-4H3/t12-/m0/s1. The van der Waals surface area contributed by atoms with E-state index < -0.39 is 0 Å². The summed E-state index contributed by atoms with van der Waals surface area (Å²) in [7, 11) is 1.78. The highest BCUT2D eigenvalue weighted by molar-refractivity contribution is 4.79. The molecular formula is C12H26N2O. The summed E-state index contributed by atoms with van der Waals surface area (Å²) in [5.41, 5.74) is 0. The average Bonchev–Trinajstić information content (AvgIpc) is 2.15. The second kappa shape index (κ2) is 6.46. The van der Waals surface area contributed by atoms with Crippen LogP contribution in [-0.2, 0) is 4.74 Å². The zero-order valence-electron chi connectivity index (χ0n) is 10.7. The second-order valence-corrected chi connectivity index (χ2v) is 5.03. The lowest BCUT2D eigenvalue weighted by Crippen LogP contribution is -2.53. The maximum absolute atomic E-state index is 5.13. The Labute approximate surface area is 94.4 Å². The van der Waals surface area contributed by atoms with Crippen LogP contribution in [0.1, 0.15) is 20.8 Å². The number of methoxy groups -OCH3 is 1. The molecule has 3 heteroatoms. The van der Waals surface area contributed by atoms with E-state index in [0.29, 0.717) is 6.04 Å². The van der Waals surface area contributed by atoms with Gasteiger partial charge in [0.2, 0.25) is 0 Å². The van der Waals surface area contributed by atoms with Crippen molar-refractivity contribution in [3.05, 3.63) is 0 Å². The third-order valence-electron chi connectivity index (χ3n) is 3.06. The first-order valence-electron chi connectivity index (χ1n) is 6.08. The van der Waals surface area contributed by atoms with Gasteiger partial charge in [-0.25, -0.2) is 0 Å². The molecule has 15 heavy (non-hydrogen) atoms. The van der Waals surface area contributed by atoms with Gasteiger partial charge in [-0.1, -0.05) is 13.8 Å². The molecule has 1 atom stereocenters. The predicted molar refractivity (Wildman–Crippen MR) is 64.2 cm³/mol. The summed E-state index contributed by atoms with van der Waals surface area (Å²) in [6.07, 6.45) is 0. The molecule has 0 spiro atoms. The topological polar surface area (TPSA) is 15.7 Å². The summed E-state index contributed by atoms with van der Waals surface area (Å²) in [6.45, 7) is 13.7. The van der Waals surface area contributed by atoms with Gasteiger partial charge in [-0.05, 0) is 12.8 Å². The van der Waals surface area contributed by atoms with Crippen molar-refractivity contribution in [1.29, 1.82) is 0 Å². The van der Waals surface area contributed by atoms with Crippen LogP contribution in [0.3, 0.4) is 0 Å². The average molecular weight is 214 g/mol. The fourth-order valence-electron chi connectivity index (χ4n) is 2.29. The summed E-state index contributed by atoms with van der Waals surface area (Å²) >= 11 is 0. The van der Waals surface area contributed by atoms with E-state index >= 15 is 0 Å². The summed E-state index contributed by atoms with van der Waals surface area (Å²) in [5.74, 6) is 0.780. The lowest BCUT2D eigenvalue weighted by molar-refractivity contribution is 0.0542. The van der Waals surface area contributed by atoms with E-state index in [1.54, 1.807) is 7.11 Å². The van der Waals surface area contributed by atoms with Crippen molar-refractivity contribution in [2.24, 2.45) is 5.92 Å². The molecule has 0 saturated carbocycles. The molecule has 0 radical (unpaired) electrons. The summed E-state index contributed by atoms with van der Waals surface area (Å²) < 4.78 is 5.13. The van der Waals surface area contributed by atoms with Crippen molar-refractivity contribution in [3.63, 3.8) is 0 Å². The van der Waals surface area contributed by atoms with Crippen molar-refractivity contribution < 1.29 is 4.74 Å². The zero-order valence-corrected chi connectivity index (χ0v) is 10.7. The van der Waals surface area contributed by atoms with Crippen LogP contribution in [0.2, 0.25) is 0 Å². The van der Waals surface area contributed by atoms with Gasteiger partial charge in [-0.2, -0.15) is 0 Å². The third kappa shape index (κ3) is 4.49. The van der Waals surface area contributed by atoms with Crippen molar-refractivity contribution in [2.75, 3.05) is 46.4 Å². The van der Waals surface area contributed by atoms with Crippen LogP contribution in [0.4, 0.5) is 0 Å². The number of nitrogens with zero attached hydrogens (tertiary/aromatic N) is 2. The molecule has 1 aliphatic rings. The second-order valence-electron chi connectivity index (χ2n) is 5.03. The van der Waals surface area contributed by atoms with Crippen LogP contribution in [0.15, 0.2) is 0 Å². The first-order chi connectivity index (χ1) is 7.13. The molecule has 1 heterocycles. The van der Waals surface area contributed by atoms with Crippen LogP contribution in [0, 0.1) is 5.92 Å². The van der Waals surface area contributed by atoms with E-state index in [1.165, 1.54) is 26.2 Å². The Bertz CT molecular complexity index is 173. The molecule has 1 saturated heterocycles. The fourth-order valence-corrected chi connectivity index (χ4v) is 2.29. The van der Waals surface area contributed by atoms with Gasteiger partial charge in [0.1, 0.15) is 0 Å². The Morgan fingerprint density at radius 3 is 2.60 bits per heavy atom. The van der Waals surface area contributed by atoms with E-state index in [4.69, 9.17) is 4.74 Å². The van der Waals surface area contributed by atoms with Gasteiger partial charge >= 0.3 is 0 Å². The maximum Gasteiger partial charge on any atom is 0.0589 e. The highest BCUT2D eigenvalue weighted by atomic mass is 16.5. The zero-order chi connectivity index (χ0) is 11.3. The van der Waals surface area contributed by atoms with E-state index in [2.05, 4.69) is 30.6 Å². The first kappa shape index (κ1) is 12.9. The Kier molecular flexibility index (Phi) is 5.58. The Balaban J connectivity index is 2.27.